The number of nitrogens with one attached hydrogen (secondary N) is 2. The normalized spacial score (nSPS) is 20.1. The average Bonchev–Trinajstić information content (AvgIpc) is 2.96. The standard InChI is InChI=1S/C12H21N3/c1-3-13-11(9(2)10-4-5-10)8-12-14-6-7-15-12/h6-7,9-11,13H,3-5,8H2,1-2H3,(H,14,15). The molecule has 1 fully saturated rings. The molecule has 0 saturated heterocycles. The van der Waals surface area contributed by atoms with Crippen molar-refractivity contribution in [3.05, 3.63) is 18.2 Å². The van der Waals surface area contributed by atoms with Crippen LogP contribution in [0, 0.1) is 11.8 Å². The van der Waals surface area contributed by atoms with Gasteiger partial charge in [-0.3, -0.25) is 0 Å². The van der Waals surface area contributed by atoms with Crippen LogP contribution in [0.15, 0.2) is 12.4 Å². The molecule has 1 aromatic rings. The van der Waals surface area contributed by atoms with Crippen molar-refractivity contribution in [3.8, 4) is 0 Å². The van der Waals surface area contributed by atoms with Crippen LogP contribution in [0.5, 0.6) is 0 Å². The number of aromatic amines is 1. The zero-order valence-electron chi connectivity index (χ0n) is 9.66. The van der Waals surface area contributed by atoms with Gasteiger partial charge in [0.15, 0.2) is 0 Å². The Kier molecular flexibility index (Phi) is 3.41. The largest absolute Gasteiger partial charge is 0.349 e. The van der Waals surface area contributed by atoms with E-state index in [1.165, 1.54) is 12.8 Å². The third-order valence-corrected chi connectivity index (χ3v) is 3.43. The van der Waals surface area contributed by atoms with Gasteiger partial charge in [0.25, 0.3) is 0 Å². The fourth-order valence-corrected chi connectivity index (χ4v) is 2.27. The summed E-state index contributed by atoms with van der Waals surface area (Å²) in [7, 11) is 0. The lowest BCUT2D eigenvalue weighted by molar-refractivity contribution is 0.341. The maximum atomic E-state index is 4.30. The molecule has 1 aromatic heterocycles. The zero-order chi connectivity index (χ0) is 10.7. The van der Waals surface area contributed by atoms with E-state index in [1.54, 1.807) is 0 Å². The number of nitrogens with zero attached hydrogens (tertiary/aromatic N) is 1. The SMILES string of the molecule is CCNC(Cc1ncc[nH]1)C(C)C1CC1. The van der Waals surface area contributed by atoms with E-state index >= 15 is 0 Å². The van der Waals surface area contributed by atoms with Gasteiger partial charge in [-0.15, -0.1) is 0 Å². The summed E-state index contributed by atoms with van der Waals surface area (Å²) in [6.45, 7) is 5.59. The van der Waals surface area contributed by atoms with Gasteiger partial charge in [-0.1, -0.05) is 13.8 Å². The molecule has 2 unspecified atom stereocenters. The van der Waals surface area contributed by atoms with Gasteiger partial charge in [-0.05, 0) is 31.2 Å². The van der Waals surface area contributed by atoms with Crippen LogP contribution >= 0.6 is 0 Å². The molecule has 2 N–H and O–H groups in total. The second-order valence-corrected chi connectivity index (χ2v) is 4.60. The molecule has 1 aliphatic carbocycles. The molecule has 15 heavy (non-hydrogen) atoms. The van der Waals surface area contributed by atoms with Crippen LogP contribution in [0.4, 0.5) is 0 Å². The molecule has 0 aromatic carbocycles. The Labute approximate surface area is 91.7 Å². The minimum atomic E-state index is 0.577. The quantitative estimate of drug-likeness (QED) is 0.749. The molecule has 0 aliphatic heterocycles. The van der Waals surface area contributed by atoms with E-state index in [0.717, 1.165) is 30.6 Å². The molecule has 1 saturated carbocycles. The number of likely N-dealkylation sites (N-methyl/N-ethyl adjacent to an activating group) is 1. The minimum Gasteiger partial charge on any atom is -0.349 e. The highest BCUT2D eigenvalue weighted by Gasteiger charge is 2.33. The third-order valence-electron chi connectivity index (χ3n) is 3.43. The Bertz CT molecular complexity index is 277. The van der Waals surface area contributed by atoms with Crippen molar-refractivity contribution in [1.29, 1.82) is 0 Å². The van der Waals surface area contributed by atoms with E-state index in [-0.39, 0.29) is 0 Å². The molecular formula is C12H21N3. The average molecular weight is 207 g/mol. The van der Waals surface area contributed by atoms with Crippen LogP contribution in [0.3, 0.4) is 0 Å². The molecule has 3 heteroatoms. The predicted molar refractivity (Wildman–Crippen MR) is 61.6 cm³/mol. The predicted octanol–water partition coefficient (Wildman–Crippen LogP) is 1.98. The molecule has 2 atom stereocenters. The summed E-state index contributed by atoms with van der Waals surface area (Å²) in [5, 5.41) is 3.58. The second kappa shape index (κ2) is 4.79. The van der Waals surface area contributed by atoms with Gasteiger partial charge >= 0.3 is 0 Å². The van der Waals surface area contributed by atoms with Crippen molar-refractivity contribution in [3.63, 3.8) is 0 Å². The number of hydrogen-bond acceptors (Lipinski definition) is 2. The van der Waals surface area contributed by atoms with Crippen LogP contribution in [0.1, 0.15) is 32.5 Å². The zero-order valence-corrected chi connectivity index (χ0v) is 9.66. The van der Waals surface area contributed by atoms with Gasteiger partial charge in [-0.2, -0.15) is 0 Å². The van der Waals surface area contributed by atoms with Gasteiger partial charge in [-0.25, -0.2) is 4.98 Å². The lowest BCUT2D eigenvalue weighted by Gasteiger charge is -2.23. The van der Waals surface area contributed by atoms with E-state index in [0.29, 0.717) is 6.04 Å². The van der Waals surface area contributed by atoms with Gasteiger partial charge in [0.2, 0.25) is 0 Å². The number of aromatic nitrogens is 2. The highest BCUT2D eigenvalue weighted by atomic mass is 14.9. The monoisotopic (exact) mass is 207 g/mol. The van der Waals surface area contributed by atoms with E-state index < -0.39 is 0 Å². The molecular weight excluding hydrogens is 186 g/mol. The fraction of sp³-hybridized carbons (Fsp3) is 0.750. The van der Waals surface area contributed by atoms with Crippen molar-refractivity contribution in [1.82, 2.24) is 15.3 Å². The summed E-state index contributed by atoms with van der Waals surface area (Å²) >= 11 is 0. The van der Waals surface area contributed by atoms with Gasteiger partial charge in [0.1, 0.15) is 5.82 Å². The molecule has 0 spiro atoms. The summed E-state index contributed by atoms with van der Waals surface area (Å²) in [6.07, 6.45) is 7.60. The van der Waals surface area contributed by atoms with Crippen LogP contribution in [0.2, 0.25) is 0 Å². The van der Waals surface area contributed by atoms with E-state index in [9.17, 15) is 0 Å². The second-order valence-electron chi connectivity index (χ2n) is 4.60. The fourth-order valence-electron chi connectivity index (χ4n) is 2.27. The summed E-state index contributed by atoms with van der Waals surface area (Å²) in [5.41, 5.74) is 0. The van der Waals surface area contributed by atoms with Crippen molar-refractivity contribution in [2.75, 3.05) is 6.54 Å². The molecule has 0 radical (unpaired) electrons. The smallest absolute Gasteiger partial charge is 0.107 e. The first-order valence-corrected chi connectivity index (χ1v) is 6.03. The molecule has 0 bridgehead atoms. The van der Waals surface area contributed by atoms with Gasteiger partial charge < -0.3 is 10.3 Å². The Morgan fingerprint density at radius 3 is 2.93 bits per heavy atom. The summed E-state index contributed by atoms with van der Waals surface area (Å²) in [5.74, 6) is 2.83. The van der Waals surface area contributed by atoms with Crippen LogP contribution in [-0.2, 0) is 6.42 Å². The van der Waals surface area contributed by atoms with Gasteiger partial charge in [0.05, 0.1) is 0 Å². The van der Waals surface area contributed by atoms with E-state index in [1.807, 2.05) is 12.4 Å². The van der Waals surface area contributed by atoms with Gasteiger partial charge in [0, 0.05) is 24.9 Å². The molecule has 3 nitrogen and oxygen atoms in total. The highest BCUT2D eigenvalue weighted by Crippen LogP contribution is 2.38. The lowest BCUT2D eigenvalue weighted by atomic mass is 9.94. The maximum Gasteiger partial charge on any atom is 0.107 e. The first kappa shape index (κ1) is 10.7. The minimum absolute atomic E-state index is 0.577. The Morgan fingerprint density at radius 1 is 1.60 bits per heavy atom. The number of imidazole rings is 1. The third kappa shape index (κ3) is 2.81. The van der Waals surface area contributed by atoms with Crippen molar-refractivity contribution in [2.24, 2.45) is 11.8 Å². The van der Waals surface area contributed by atoms with Crippen molar-refractivity contribution in [2.45, 2.75) is 39.2 Å². The Balaban J connectivity index is 1.92. The topological polar surface area (TPSA) is 40.7 Å². The van der Waals surface area contributed by atoms with Crippen LogP contribution < -0.4 is 5.32 Å². The number of H-pyrrole nitrogens is 1. The molecule has 1 heterocycles. The number of rotatable bonds is 6. The maximum absolute atomic E-state index is 4.30. The first-order valence-electron chi connectivity index (χ1n) is 6.03. The number of hydrogen-bond donors (Lipinski definition) is 2. The van der Waals surface area contributed by atoms with Crippen molar-refractivity contribution >= 4 is 0 Å². The Morgan fingerprint density at radius 2 is 2.40 bits per heavy atom. The van der Waals surface area contributed by atoms with E-state index in [2.05, 4.69) is 29.1 Å². The van der Waals surface area contributed by atoms with Crippen LogP contribution in [0.25, 0.3) is 0 Å². The molecule has 0 amide bonds. The summed E-state index contributed by atoms with van der Waals surface area (Å²) in [6, 6.07) is 0.577. The molecule has 2 rings (SSSR count). The summed E-state index contributed by atoms with van der Waals surface area (Å²) in [4.78, 5) is 7.49. The molecule has 1 aliphatic rings. The highest BCUT2D eigenvalue weighted by molar-refractivity contribution is 4.95. The van der Waals surface area contributed by atoms with Crippen molar-refractivity contribution < 1.29 is 0 Å². The summed E-state index contributed by atoms with van der Waals surface area (Å²) < 4.78 is 0. The van der Waals surface area contributed by atoms with E-state index in [4.69, 9.17) is 0 Å². The first-order chi connectivity index (χ1) is 7.31. The van der Waals surface area contributed by atoms with Crippen LogP contribution in [-0.4, -0.2) is 22.6 Å². The lowest BCUT2D eigenvalue weighted by Crippen LogP contribution is -2.38. The molecule has 84 valence electrons. The Hall–Kier alpha value is -0.830.